The van der Waals surface area contributed by atoms with Gasteiger partial charge in [0, 0.05) is 16.8 Å². The van der Waals surface area contributed by atoms with Gasteiger partial charge in [-0.15, -0.1) is 0 Å². The summed E-state index contributed by atoms with van der Waals surface area (Å²) in [6.45, 7) is 6.41. The lowest BCUT2D eigenvalue weighted by Gasteiger charge is -2.09. The van der Waals surface area contributed by atoms with Gasteiger partial charge in [-0.25, -0.2) is 0 Å². The lowest BCUT2D eigenvalue weighted by atomic mass is 10.0. The summed E-state index contributed by atoms with van der Waals surface area (Å²) in [7, 11) is 0. The third kappa shape index (κ3) is 3.93. The van der Waals surface area contributed by atoms with Crippen LogP contribution in [0.15, 0.2) is 50.7 Å². The first-order valence-corrected chi connectivity index (χ1v) is 9.70. The van der Waals surface area contributed by atoms with E-state index in [0.717, 1.165) is 33.5 Å². The minimum Gasteiger partial charge on any atom is -0.494 e. The Morgan fingerprint density at radius 1 is 1.19 bits per heavy atom. The van der Waals surface area contributed by atoms with Crippen molar-refractivity contribution in [1.29, 1.82) is 5.26 Å². The summed E-state index contributed by atoms with van der Waals surface area (Å²) in [5.41, 5.74) is 2.51. The second-order valence-corrected chi connectivity index (χ2v) is 7.10. The molecule has 2 heterocycles. The summed E-state index contributed by atoms with van der Waals surface area (Å²) < 4.78 is 11.2. The van der Waals surface area contributed by atoms with E-state index in [1.54, 1.807) is 11.8 Å². The molecule has 0 saturated heterocycles. The first-order valence-electron chi connectivity index (χ1n) is 8.71. The molecule has 0 fully saturated rings. The fraction of sp³-hybridized carbons (Fsp3) is 0.238. The lowest BCUT2D eigenvalue weighted by molar-refractivity contribution is 0.340. The lowest BCUT2D eigenvalue weighted by Crippen LogP contribution is -2.12. The SMILES string of the molecule is CCOc1ccc(-c2cc(-c3cc(C)oc3SCC)c(C#N)c(=O)[nH]2)cc1. The molecule has 0 aliphatic heterocycles. The molecule has 0 aliphatic rings. The van der Waals surface area contributed by atoms with E-state index in [2.05, 4.69) is 4.98 Å². The van der Waals surface area contributed by atoms with Crippen LogP contribution in [0.25, 0.3) is 22.4 Å². The van der Waals surface area contributed by atoms with Crippen LogP contribution in [0.4, 0.5) is 0 Å². The topological polar surface area (TPSA) is 79.0 Å². The Bertz CT molecular complexity index is 1040. The molecule has 3 rings (SSSR count). The molecule has 0 atom stereocenters. The zero-order chi connectivity index (χ0) is 19.4. The summed E-state index contributed by atoms with van der Waals surface area (Å²) in [6, 6.07) is 13.2. The van der Waals surface area contributed by atoms with Gasteiger partial charge >= 0.3 is 0 Å². The Hall–Kier alpha value is -2.91. The maximum atomic E-state index is 12.5. The highest BCUT2D eigenvalue weighted by atomic mass is 32.2. The van der Waals surface area contributed by atoms with E-state index in [-0.39, 0.29) is 5.56 Å². The van der Waals surface area contributed by atoms with Crippen LogP contribution in [0.3, 0.4) is 0 Å². The van der Waals surface area contributed by atoms with E-state index >= 15 is 0 Å². The van der Waals surface area contributed by atoms with Crippen LogP contribution in [-0.2, 0) is 0 Å². The number of nitrogens with zero attached hydrogens (tertiary/aromatic N) is 1. The molecule has 0 unspecified atom stereocenters. The number of nitriles is 1. The molecule has 0 saturated carbocycles. The van der Waals surface area contributed by atoms with Gasteiger partial charge in [0.1, 0.15) is 23.1 Å². The van der Waals surface area contributed by atoms with Crippen molar-refractivity contribution in [3.63, 3.8) is 0 Å². The number of nitrogens with one attached hydrogen (secondary N) is 1. The van der Waals surface area contributed by atoms with Crippen LogP contribution in [0.1, 0.15) is 25.2 Å². The van der Waals surface area contributed by atoms with Crippen molar-refractivity contribution >= 4 is 11.8 Å². The summed E-state index contributed by atoms with van der Waals surface area (Å²) in [5.74, 6) is 2.34. The number of hydrogen-bond acceptors (Lipinski definition) is 5. The predicted octanol–water partition coefficient (Wildman–Crippen LogP) is 4.99. The second kappa shape index (κ2) is 8.19. The van der Waals surface area contributed by atoms with E-state index in [1.807, 2.05) is 63.2 Å². The monoisotopic (exact) mass is 380 g/mol. The standard InChI is InChI=1S/C21H20N2O3S/c1-4-25-15-8-6-14(7-9-15)19-11-16(18(12-22)20(24)23-19)17-10-13(3)26-21(17)27-5-2/h6-11H,4-5H2,1-3H3,(H,23,24). The van der Waals surface area contributed by atoms with Crippen LogP contribution in [0.5, 0.6) is 5.75 Å². The number of H-pyrrole nitrogens is 1. The molecule has 6 heteroatoms. The molecular weight excluding hydrogens is 360 g/mol. The van der Waals surface area contributed by atoms with Gasteiger partial charge < -0.3 is 14.1 Å². The maximum absolute atomic E-state index is 12.5. The van der Waals surface area contributed by atoms with Crippen molar-refractivity contribution in [2.24, 2.45) is 0 Å². The average molecular weight is 380 g/mol. The highest BCUT2D eigenvalue weighted by Gasteiger charge is 2.18. The van der Waals surface area contributed by atoms with E-state index in [4.69, 9.17) is 9.15 Å². The van der Waals surface area contributed by atoms with Crippen LogP contribution >= 0.6 is 11.8 Å². The van der Waals surface area contributed by atoms with E-state index < -0.39 is 5.56 Å². The van der Waals surface area contributed by atoms with Gasteiger partial charge in [-0.3, -0.25) is 4.79 Å². The third-order valence-corrected chi connectivity index (χ3v) is 4.86. The number of furan rings is 1. The molecule has 1 N–H and O–H groups in total. The number of aryl methyl sites for hydroxylation is 1. The molecule has 0 radical (unpaired) electrons. The number of pyridine rings is 1. The molecule has 5 nitrogen and oxygen atoms in total. The number of aromatic amines is 1. The van der Waals surface area contributed by atoms with Gasteiger partial charge in [0.05, 0.1) is 6.61 Å². The summed E-state index contributed by atoms with van der Waals surface area (Å²) in [4.78, 5) is 15.4. The number of aromatic nitrogens is 1. The number of rotatable bonds is 6. The smallest absolute Gasteiger partial charge is 0.266 e. The van der Waals surface area contributed by atoms with Gasteiger partial charge in [-0.2, -0.15) is 5.26 Å². The minimum absolute atomic E-state index is 0.0865. The highest BCUT2D eigenvalue weighted by Crippen LogP contribution is 2.36. The van der Waals surface area contributed by atoms with Crippen molar-refractivity contribution in [1.82, 2.24) is 4.98 Å². The molecule has 0 spiro atoms. The summed E-state index contributed by atoms with van der Waals surface area (Å²) in [5, 5.41) is 10.2. The molecule has 0 bridgehead atoms. The van der Waals surface area contributed by atoms with Gasteiger partial charge in [0.25, 0.3) is 5.56 Å². The van der Waals surface area contributed by atoms with Gasteiger partial charge in [0.2, 0.25) is 0 Å². The van der Waals surface area contributed by atoms with Gasteiger partial charge in [-0.05, 0) is 61.6 Å². The van der Waals surface area contributed by atoms with Crippen LogP contribution in [-0.4, -0.2) is 17.3 Å². The third-order valence-electron chi connectivity index (χ3n) is 4.01. The van der Waals surface area contributed by atoms with Crippen molar-refractivity contribution in [2.75, 3.05) is 12.4 Å². The quantitative estimate of drug-likeness (QED) is 0.609. The fourth-order valence-corrected chi connectivity index (χ4v) is 3.63. The zero-order valence-electron chi connectivity index (χ0n) is 15.5. The summed E-state index contributed by atoms with van der Waals surface area (Å²) in [6.07, 6.45) is 0. The Morgan fingerprint density at radius 2 is 1.93 bits per heavy atom. The molecule has 1 aromatic carbocycles. The Labute approximate surface area is 162 Å². The van der Waals surface area contributed by atoms with Crippen molar-refractivity contribution in [2.45, 2.75) is 25.9 Å². The predicted molar refractivity (Wildman–Crippen MR) is 107 cm³/mol. The molecule has 138 valence electrons. The van der Waals surface area contributed by atoms with Crippen molar-refractivity contribution < 1.29 is 9.15 Å². The van der Waals surface area contributed by atoms with Gasteiger partial charge in [-0.1, -0.05) is 18.7 Å². The summed E-state index contributed by atoms with van der Waals surface area (Å²) >= 11 is 1.55. The fourth-order valence-electron chi connectivity index (χ4n) is 2.85. The molecule has 0 amide bonds. The first-order chi connectivity index (χ1) is 13.1. The zero-order valence-corrected chi connectivity index (χ0v) is 16.3. The number of hydrogen-bond donors (Lipinski definition) is 1. The largest absolute Gasteiger partial charge is 0.494 e. The number of benzene rings is 1. The molecule has 0 aliphatic carbocycles. The molecular formula is C21H20N2O3S. The van der Waals surface area contributed by atoms with E-state index in [0.29, 0.717) is 17.9 Å². The van der Waals surface area contributed by atoms with Crippen LogP contribution < -0.4 is 10.3 Å². The van der Waals surface area contributed by atoms with E-state index in [9.17, 15) is 10.1 Å². The number of thioether (sulfide) groups is 1. The van der Waals surface area contributed by atoms with Crippen molar-refractivity contribution in [3.8, 4) is 34.2 Å². The second-order valence-electron chi connectivity index (χ2n) is 5.86. The van der Waals surface area contributed by atoms with E-state index in [1.165, 1.54) is 0 Å². The van der Waals surface area contributed by atoms with Crippen molar-refractivity contribution in [3.05, 3.63) is 58.1 Å². The van der Waals surface area contributed by atoms with Crippen LogP contribution in [0.2, 0.25) is 0 Å². The highest BCUT2D eigenvalue weighted by molar-refractivity contribution is 7.99. The Balaban J connectivity index is 2.15. The first kappa shape index (κ1) is 18.9. The molecule has 3 aromatic rings. The Morgan fingerprint density at radius 3 is 2.56 bits per heavy atom. The number of ether oxygens (including phenoxy) is 1. The Kier molecular flexibility index (Phi) is 5.72. The molecule has 2 aromatic heterocycles. The molecule has 27 heavy (non-hydrogen) atoms. The average Bonchev–Trinajstić information content (AvgIpc) is 3.02. The van der Waals surface area contributed by atoms with Gasteiger partial charge in [0.15, 0.2) is 5.09 Å². The van der Waals surface area contributed by atoms with Crippen LogP contribution in [0, 0.1) is 18.3 Å². The maximum Gasteiger partial charge on any atom is 0.266 e. The minimum atomic E-state index is -0.412. The normalized spacial score (nSPS) is 10.6.